The fourth-order valence-electron chi connectivity index (χ4n) is 3.93. The molecule has 1 unspecified atom stereocenters. The maximum absolute atomic E-state index is 13.2. The molecule has 1 aliphatic heterocycles. The maximum atomic E-state index is 13.2. The second-order valence-electron chi connectivity index (χ2n) is 8.53. The first kappa shape index (κ1) is 22.3. The van der Waals surface area contributed by atoms with Gasteiger partial charge in [-0.15, -0.1) is 0 Å². The van der Waals surface area contributed by atoms with Gasteiger partial charge in [0.1, 0.15) is 29.2 Å². The van der Waals surface area contributed by atoms with Crippen LogP contribution in [-0.2, 0) is 15.1 Å². The summed E-state index contributed by atoms with van der Waals surface area (Å²) in [6, 6.07) is 8.39. The van der Waals surface area contributed by atoms with Gasteiger partial charge in [-0.2, -0.15) is 9.36 Å². The fourth-order valence-corrected chi connectivity index (χ4v) is 4.78. The third-order valence-electron chi connectivity index (χ3n) is 5.69. The molecule has 0 bridgehead atoms. The third-order valence-corrected chi connectivity index (χ3v) is 6.59. The minimum Gasteiger partial charge on any atom is -0.384 e. The Balaban J connectivity index is 1.49. The van der Waals surface area contributed by atoms with Gasteiger partial charge in [-0.05, 0) is 49.6 Å². The van der Waals surface area contributed by atoms with E-state index in [1.54, 1.807) is 44.2 Å². The molecule has 1 amide bonds. The second kappa shape index (κ2) is 8.09. The van der Waals surface area contributed by atoms with Crippen molar-refractivity contribution in [3.05, 3.63) is 52.2 Å². The minimum atomic E-state index is -1.52. The Labute approximate surface area is 197 Å². The topological polar surface area (TPSA) is 168 Å². The Morgan fingerprint density at radius 3 is 2.82 bits per heavy atom. The number of nitrogens with one attached hydrogen (secondary N) is 1. The lowest BCUT2D eigenvalue weighted by Crippen LogP contribution is -2.51. The number of carbonyl (C=O) groups excluding carboxylic acids is 1. The molecule has 1 fully saturated rings. The Bertz CT molecular complexity index is 1480. The number of hydrogen-bond donors (Lipinski definition) is 4. The van der Waals surface area contributed by atoms with Gasteiger partial charge in [-0.1, -0.05) is 6.07 Å². The molecule has 5 rings (SSSR count). The SMILES string of the molecule is CC(C)(O)c1cccc(N2CCOC([C@@H](O)c3nc(=O)c4c(ccc5c(N)nsc54)[nH]3)C2=O)n1. The molecule has 12 heteroatoms. The number of nitrogens with zero attached hydrogens (tertiary/aromatic N) is 4. The van der Waals surface area contributed by atoms with E-state index < -0.39 is 29.3 Å². The normalized spacial score (nSPS) is 18.1. The highest BCUT2D eigenvalue weighted by Gasteiger charge is 2.38. The van der Waals surface area contributed by atoms with Crippen LogP contribution in [0.1, 0.15) is 31.5 Å². The summed E-state index contributed by atoms with van der Waals surface area (Å²) in [6.07, 6.45) is -2.82. The number of rotatable bonds is 4. The maximum Gasteiger partial charge on any atom is 0.282 e. The molecule has 0 saturated carbocycles. The zero-order valence-corrected chi connectivity index (χ0v) is 19.2. The van der Waals surface area contributed by atoms with Crippen LogP contribution in [-0.4, -0.2) is 54.7 Å². The minimum absolute atomic E-state index is 0.0901. The van der Waals surface area contributed by atoms with Gasteiger partial charge < -0.3 is 25.7 Å². The highest BCUT2D eigenvalue weighted by atomic mass is 32.1. The monoisotopic (exact) mass is 482 g/mol. The Kier molecular flexibility index (Phi) is 5.32. The standard InChI is InChI=1S/C22H22N6O5S/c1-22(2,32)12-4-3-5-13(25-12)28-8-9-33-16(21(28)31)15(29)19-24-11-7-6-10-17(34-27-18(10)23)14(11)20(30)26-19/h3-7,15-16,29,32H,8-9H2,1-2H3,(H2,23,27)(H,24,26,30)/t15-,16?/m1/s1. The first-order valence-electron chi connectivity index (χ1n) is 10.5. The van der Waals surface area contributed by atoms with Crippen LogP contribution in [0.4, 0.5) is 11.6 Å². The van der Waals surface area contributed by atoms with Crippen LogP contribution >= 0.6 is 11.5 Å². The largest absolute Gasteiger partial charge is 0.384 e. The Morgan fingerprint density at radius 1 is 1.26 bits per heavy atom. The summed E-state index contributed by atoms with van der Waals surface area (Å²) >= 11 is 1.09. The molecule has 4 aromatic rings. The van der Waals surface area contributed by atoms with Gasteiger partial charge >= 0.3 is 0 Å². The molecule has 3 aromatic heterocycles. The van der Waals surface area contributed by atoms with Crippen LogP contribution in [0.2, 0.25) is 0 Å². The van der Waals surface area contributed by atoms with Crippen molar-refractivity contribution in [3.63, 3.8) is 0 Å². The predicted octanol–water partition coefficient (Wildman–Crippen LogP) is 1.20. The lowest BCUT2D eigenvalue weighted by atomic mass is 10.0. The summed E-state index contributed by atoms with van der Waals surface area (Å²) in [4.78, 5) is 38.8. The summed E-state index contributed by atoms with van der Waals surface area (Å²) in [5.74, 6) is 0.0320. The Morgan fingerprint density at radius 2 is 2.06 bits per heavy atom. The van der Waals surface area contributed by atoms with Gasteiger partial charge in [0.15, 0.2) is 6.10 Å². The number of aliphatic hydroxyl groups is 2. The van der Waals surface area contributed by atoms with E-state index >= 15 is 0 Å². The van der Waals surface area contributed by atoms with Crippen molar-refractivity contribution in [2.45, 2.75) is 31.7 Å². The van der Waals surface area contributed by atoms with Gasteiger partial charge in [0.2, 0.25) is 0 Å². The molecule has 1 aliphatic rings. The molecular formula is C22H22N6O5S. The van der Waals surface area contributed by atoms with E-state index in [0.29, 0.717) is 38.3 Å². The van der Waals surface area contributed by atoms with Crippen LogP contribution in [0.5, 0.6) is 0 Å². The van der Waals surface area contributed by atoms with Gasteiger partial charge in [-0.3, -0.25) is 14.5 Å². The molecular weight excluding hydrogens is 460 g/mol. The number of nitrogens with two attached hydrogens (primary N) is 1. The van der Waals surface area contributed by atoms with Crippen molar-refractivity contribution >= 4 is 50.1 Å². The van der Waals surface area contributed by atoms with E-state index in [-0.39, 0.29) is 19.0 Å². The number of aromatic nitrogens is 4. The number of aliphatic hydroxyl groups excluding tert-OH is 1. The van der Waals surface area contributed by atoms with Crippen LogP contribution in [0, 0.1) is 0 Å². The van der Waals surface area contributed by atoms with Crippen LogP contribution < -0.4 is 16.2 Å². The average molecular weight is 483 g/mol. The number of nitrogen functional groups attached to an aromatic ring is 1. The van der Waals surface area contributed by atoms with Crippen molar-refractivity contribution in [1.29, 1.82) is 0 Å². The fraction of sp³-hybridized carbons (Fsp3) is 0.318. The number of benzene rings is 1. The number of fused-ring (bicyclic) bond motifs is 3. The van der Waals surface area contributed by atoms with E-state index in [2.05, 4.69) is 19.3 Å². The summed E-state index contributed by atoms with van der Waals surface area (Å²) in [6.45, 7) is 3.56. The van der Waals surface area contributed by atoms with Crippen LogP contribution in [0.15, 0.2) is 35.1 Å². The zero-order chi connectivity index (χ0) is 24.2. The van der Waals surface area contributed by atoms with Crippen molar-refractivity contribution in [2.75, 3.05) is 23.8 Å². The van der Waals surface area contributed by atoms with E-state index in [9.17, 15) is 19.8 Å². The quantitative estimate of drug-likeness (QED) is 0.334. The van der Waals surface area contributed by atoms with E-state index in [1.165, 1.54) is 4.90 Å². The number of hydrogen-bond acceptors (Lipinski definition) is 10. The smallest absolute Gasteiger partial charge is 0.282 e. The molecule has 2 atom stereocenters. The number of ether oxygens (including phenoxy) is 1. The molecule has 0 aliphatic carbocycles. The number of carbonyl (C=O) groups is 1. The van der Waals surface area contributed by atoms with E-state index in [4.69, 9.17) is 10.5 Å². The number of H-pyrrole nitrogens is 1. The number of morpholine rings is 1. The summed E-state index contributed by atoms with van der Waals surface area (Å²) in [7, 11) is 0. The number of pyridine rings is 1. The average Bonchev–Trinajstić information content (AvgIpc) is 3.18. The van der Waals surface area contributed by atoms with Crippen molar-refractivity contribution in [3.8, 4) is 0 Å². The van der Waals surface area contributed by atoms with E-state index in [1.807, 2.05) is 0 Å². The lowest BCUT2D eigenvalue weighted by Gasteiger charge is -2.34. The molecule has 34 heavy (non-hydrogen) atoms. The molecule has 176 valence electrons. The van der Waals surface area contributed by atoms with Gasteiger partial charge in [-0.25, -0.2) is 4.98 Å². The van der Waals surface area contributed by atoms with Gasteiger partial charge in [0.05, 0.1) is 34.4 Å². The number of anilines is 2. The highest BCUT2D eigenvalue weighted by Crippen LogP contribution is 2.31. The predicted molar refractivity (Wildman–Crippen MR) is 126 cm³/mol. The van der Waals surface area contributed by atoms with Crippen LogP contribution in [0.25, 0.3) is 21.0 Å². The first-order chi connectivity index (χ1) is 16.1. The van der Waals surface area contributed by atoms with Gasteiger partial charge in [0, 0.05) is 5.39 Å². The summed E-state index contributed by atoms with van der Waals surface area (Å²) < 4.78 is 10.3. The van der Waals surface area contributed by atoms with Crippen molar-refractivity contribution in [1.82, 2.24) is 19.3 Å². The zero-order valence-electron chi connectivity index (χ0n) is 18.3. The van der Waals surface area contributed by atoms with Gasteiger partial charge in [0.25, 0.3) is 11.5 Å². The molecule has 4 heterocycles. The van der Waals surface area contributed by atoms with Crippen LogP contribution in [0.3, 0.4) is 0 Å². The molecule has 1 aromatic carbocycles. The van der Waals surface area contributed by atoms with E-state index in [0.717, 1.165) is 11.5 Å². The summed E-state index contributed by atoms with van der Waals surface area (Å²) in [5, 5.41) is 22.2. The number of amides is 1. The lowest BCUT2D eigenvalue weighted by molar-refractivity contribution is -0.143. The molecule has 11 nitrogen and oxygen atoms in total. The second-order valence-corrected chi connectivity index (χ2v) is 9.30. The highest BCUT2D eigenvalue weighted by molar-refractivity contribution is 7.14. The molecule has 1 saturated heterocycles. The molecule has 0 radical (unpaired) electrons. The summed E-state index contributed by atoms with van der Waals surface area (Å²) in [5.41, 5.74) is 4.93. The third kappa shape index (κ3) is 3.70. The van der Waals surface area contributed by atoms with Crippen molar-refractivity contribution < 1.29 is 19.7 Å². The molecule has 0 spiro atoms. The first-order valence-corrected chi connectivity index (χ1v) is 11.3. The Hall–Kier alpha value is -3.45. The van der Waals surface area contributed by atoms with Crippen molar-refractivity contribution in [2.24, 2.45) is 0 Å². The number of aromatic amines is 1. The molecule has 5 N–H and O–H groups in total.